The normalized spacial score (nSPS) is 14.5. The van der Waals surface area contributed by atoms with Gasteiger partial charge in [-0.1, -0.05) is 6.07 Å². The van der Waals surface area contributed by atoms with E-state index in [0.717, 1.165) is 28.3 Å². The number of aromatic nitrogens is 1. The van der Waals surface area contributed by atoms with E-state index >= 15 is 0 Å². The van der Waals surface area contributed by atoms with Crippen molar-refractivity contribution < 1.29 is 4.79 Å². The third kappa shape index (κ3) is 2.63. The van der Waals surface area contributed by atoms with E-state index in [1.54, 1.807) is 0 Å². The highest BCUT2D eigenvalue weighted by Crippen LogP contribution is 2.35. The number of carbonyl (C=O) groups is 1. The van der Waals surface area contributed by atoms with Crippen LogP contribution in [0.4, 0.5) is 22.7 Å². The van der Waals surface area contributed by atoms with Gasteiger partial charge in [0.15, 0.2) is 0 Å². The second kappa shape index (κ2) is 5.62. The number of rotatable bonds is 3. The standard InChI is InChI=1S/C19H16N4O/c20-12-3-1-4-14(9-12)22-15-6-7-18-16(11-15)17(19(24)23-18)10-13-5-2-8-21-13/h1-11,21-22H,20H2,(H,23,24)/b17-10-. The van der Waals surface area contributed by atoms with Gasteiger partial charge in [-0.15, -0.1) is 0 Å². The van der Waals surface area contributed by atoms with Crippen LogP contribution in [0.5, 0.6) is 0 Å². The predicted molar refractivity (Wildman–Crippen MR) is 97.9 cm³/mol. The molecule has 0 spiro atoms. The van der Waals surface area contributed by atoms with E-state index < -0.39 is 0 Å². The summed E-state index contributed by atoms with van der Waals surface area (Å²) in [4.78, 5) is 15.3. The second-order valence-corrected chi connectivity index (χ2v) is 5.65. The second-order valence-electron chi connectivity index (χ2n) is 5.65. The Hall–Kier alpha value is -3.47. The number of anilines is 4. The van der Waals surface area contributed by atoms with E-state index in [0.29, 0.717) is 11.3 Å². The van der Waals surface area contributed by atoms with Gasteiger partial charge in [-0.25, -0.2) is 0 Å². The van der Waals surface area contributed by atoms with Crippen LogP contribution in [0.2, 0.25) is 0 Å². The van der Waals surface area contributed by atoms with E-state index in [-0.39, 0.29) is 5.91 Å². The Labute approximate surface area is 139 Å². The van der Waals surface area contributed by atoms with Crippen LogP contribution in [-0.2, 0) is 4.79 Å². The molecule has 0 unspecified atom stereocenters. The average Bonchev–Trinajstić information content (AvgIpc) is 3.17. The zero-order chi connectivity index (χ0) is 16.5. The van der Waals surface area contributed by atoms with Gasteiger partial charge in [-0.3, -0.25) is 4.79 Å². The Morgan fingerprint density at radius 2 is 1.88 bits per heavy atom. The molecule has 24 heavy (non-hydrogen) atoms. The van der Waals surface area contributed by atoms with Crippen molar-refractivity contribution in [3.05, 3.63) is 72.1 Å². The van der Waals surface area contributed by atoms with Crippen LogP contribution in [0, 0.1) is 0 Å². The molecule has 1 aliphatic rings. The number of hydrogen-bond donors (Lipinski definition) is 4. The molecule has 0 fully saturated rings. The van der Waals surface area contributed by atoms with Gasteiger partial charge in [-0.2, -0.15) is 0 Å². The van der Waals surface area contributed by atoms with Gasteiger partial charge in [0.1, 0.15) is 0 Å². The summed E-state index contributed by atoms with van der Waals surface area (Å²) < 4.78 is 0. The molecule has 1 aromatic heterocycles. The van der Waals surface area contributed by atoms with Gasteiger partial charge in [-0.05, 0) is 54.6 Å². The lowest BCUT2D eigenvalue weighted by Crippen LogP contribution is -2.03. The Kier molecular flexibility index (Phi) is 3.31. The number of hydrogen-bond acceptors (Lipinski definition) is 3. The maximum Gasteiger partial charge on any atom is 0.256 e. The predicted octanol–water partition coefficient (Wildman–Crippen LogP) is 3.83. The van der Waals surface area contributed by atoms with Crippen LogP contribution in [0.15, 0.2) is 60.8 Å². The summed E-state index contributed by atoms with van der Waals surface area (Å²) in [5.74, 6) is -0.0966. The van der Waals surface area contributed by atoms with Crippen molar-refractivity contribution in [1.29, 1.82) is 0 Å². The molecular weight excluding hydrogens is 300 g/mol. The van der Waals surface area contributed by atoms with Gasteiger partial charge in [0.05, 0.1) is 5.57 Å². The molecule has 1 aliphatic heterocycles. The number of aromatic amines is 1. The van der Waals surface area contributed by atoms with Crippen molar-refractivity contribution in [3.8, 4) is 0 Å². The molecule has 4 rings (SSSR count). The number of nitrogens with one attached hydrogen (secondary N) is 3. The quantitative estimate of drug-likeness (QED) is 0.438. The summed E-state index contributed by atoms with van der Waals surface area (Å²) in [6, 6.07) is 17.2. The SMILES string of the molecule is Nc1cccc(Nc2ccc3c(c2)/C(=C/c2ccc[nH]2)C(=O)N3)c1. The van der Waals surface area contributed by atoms with Crippen molar-refractivity contribution in [2.75, 3.05) is 16.4 Å². The van der Waals surface area contributed by atoms with Gasteiger partial charge < -0.3 is 21.4 Å². The van der Waals surface area contributed by atoms with Crippen LogP contribution in [0.1, 0.15) is 11.3 Å². The minimum Gasteiger partial charge on any atom is -0.399 e. The average molecular weight is 316 g/mol. The first-order valence-electron chi connectivity index (χ1n) is 7.62. The molecule has 0 bridgehead atoms. The van der Waals surface area contributed by atoms with Crippen LogP contribution in [0.25, 0.3) is 11.6 Å². The molecule has 5 nitrogen and oxygen atoms in total. The number of benzene rings is 2. The molecule has 5 N–H and O–H groups in total. The van der Waals surface area contributed by atoms with Crippen molar-refractivity contribution in [2.45, 2.75) is 0 Å². The van der Waals surface area contributed by atoms with Crippen LogP contribution in [0.3, 0.4) is 0 Å². The number of carbonyl (C=O) groups excluding carboxylic acids is 1. The minimum atomic E-state index is -0.0966. The number of amides is 1. The van der Waals surface area contributed by atoms with Crippen molar-refractivity contribution in [1.82, 2.24) is 4.98 Å². The summed E-state index contributed by atoms with van der Waals surface area (Å²) in [5.41, 5.74) is 11.5. The Morgan fingerprint density at radius 3 is 2.67 bits per heavy atom. The molecular formula is C19H16N4O. The van der Waals surface area contributed by atoms with E-state index in [2.05, 4.69) is 15.6 Å². The lowest BCUT2D eigenvalue weighted by molar-refractivity contribution is -0.110. The first-order chi connectivity index (χ1) is 11.7. The molecule has 0 saturated heterocycles. The third-order valence-corrected chi connectivity index (χ3v) is 3.90. The Bertz CT molecular complexity index is 942. The van der Waals surface area contributed by atoms with Crippen LogP contribution >= 0.6 is 0 Å². The minimum absolute atomic E-state index is 0.0966. The van der Waals surface area contributed by atoms with E-state index in [1.807, 2.05) is 66.9 Å². The first kappa shape index (κ1) is 14.1. The highest BCUT2D eigenvalue weighted by Gasteiger charge is 2.24. The van der Waals surface area contributed by atoms with Crippen molar-refractivity contribution in [2.24, 2.45) is 0 Å². The van der Waals surface area contributed by atoms with E-state index in [9.17, 15) is 4.79 Å². The molecule has 3 aromatic rings. The smallest absolute Gasteiger partial charge is 0.256 e. The highest BCUT2D eigenvalue weighted by molar-refractivity contribution is 6.35. The monoisotopic (exact) mass is 316 g/mol. The number of H-pyrrole nitrogens is 1. The summed E-state index contributed by atoms with van der Waals surface area (Å²) in [5, 5.41) is 6.21. The van der Waals surface area contributed by atoms with Gasteiger partial charge in [0, 0.05) is 40.2 Å². The molecule has 0 radical (unpaired) electrons. The summed E-state index contributed by atoms with van der Waals surface area (Å²) in [7, 11) is 0. The Balaban J connectivity index is 1.70. The Morgan fingerprint density at radius 1 is 1.00 bits per heavy atom. The fourth-order valence-electron chi connectivity index (χ4n) is 2.78. The van der Waals surface area contributed by atoms with Crippen LogP contribution in [-0.4, -0.2) is 10.9 Å². The van der Waals surface area contributed by atoms with Gasteiger partial charge >= 0.3 is 0 Å². The number of nitrogens with two attached hydrogens (primary N) is 1. The topological polar surface area (TPSA) is 82.9 Å². The molecule has 1 amide bonds. The maximum atomic E-state index is 12.2. The number of nitrogen functional groups attached to an aromatic ring is 1. The van der Waals surface area contributed by atoms with E-state index in [1.165, 1.54) is 0 Å². The molecule has 2 aromatic carbocycles. The van der Waals surface area contributed by atoms with Crippen LogP contribution < -0.4 is 16.4 Å². The van der Waals surface area contributed by atoms with E-state index in [4.69, 9.17) is 5.73 Å². The van der Waals surface area contributed by atoms with Crippen molar-refractivity contribution in [3.63, 3.8) is 0 Å². The largest absolute Gasteiger partial charge is 0.399 e. The summed E-state index contributed by atoms with van der Waals surface area (Å²) >= 11 is 0. The fourth-order valence-corrected chi connectivity index (χ4v) is 2.78. The molecule has 2 heterocycles. The van der Waals surface area contributed by atoms with Crippen molar-refractivity contribution >= 4 is 40.3 Å². The van der Waals surface area contributed by atoms with Gasteiger partial charge in [0.2, 0.25) is 0 Å². The summed E-state index contributed by atoms with van der Waals surface area (Å²) in [6.07, 6.45) is 3.68. The molecule has 0 atom stereocenters. The fraction of sp³-hybridized carbons (Fsp3) is 0. The maximum absolute atomic E-state index is 12.2. The molecule has 5 heteroatoms. The molecule has 118 valence electrons. The molecule has 0 saturated carbocycles. The van der Waals surface area contributed by atoms with Gasteiger partial charge in [0.25, 0.3) is 5.91 Å². The molecule has 0 aliphatic carbocycles. The highest BCUT2D eigenvalue weighted by atomic mass is 16.2. The lowest BCUT2D eigenvalue weighted by atomic mass is 10.1. The third-order valence-electron chi connectivity index (χ3n) is 3.90. The summed E-state index contributed by atoms with van der Waals surface area (Å²) in [6.45, 7) is 0. The first-order valence-corrected chi connectivity index (χ1v) is 7.62. The number of fused-ring (bicyclic) bond motifs is 1. The lowest BCUT2D eigenvalue weighted by Gasteiger charge is -2.09. The zero-order valence-electron chi connectivity index (χ0n) is 12.8. The zero-order valence-corrected chi connectivity index (χ0v) is 12.8.